The van der Waals surface area contributed by atoms with Crippen LogP contribution in [-0.4, -0.2) is 26.9 Å². The van der Waals surface area contributed by atoms with E-state index in [1.807, 2.05) is 0 Å². The number of carbonyl (C=O) groups excluding carboxylic acids is 2. The Hall–Kier alpha value is -3.14. The summed E-state index contributed by atoms with van der Waals surface area (Å²) < 4.78 is 18.1. The lowest BCUT2D eigenvalue weighted by molar-refractivity contribution is -0.117. The molecule has 2 heterocycles. The van der Waals surface area contributed by atoms with E-state index in [1.165, 1.54) is 23.5 Å². The molecule has 27 heavy (non-hydrogen) atoms. The molecule has 0 saturated carbocycles. The van der Waals surface area contributed by atoms with Gasteiger partial charge in [-0.3, -0.25) is 9.59 Å². The molecule has 0 saturated heterocycles. The van der Waals surface area contributed by atoms with Crippen LogP contribution < -0.4 is 11.1 Å². The molecule has 2 amide bonds. The SMILES string of the molecule is NC(=O)Cc1csc(NC(=O)CCCc2nc(-c3ccc(F)cc3)no2)n1. The lowest BCUT2D eigenvalue weighted by Gasteiger charge is -2.00. The van der Waals surface area contributed by atoms with E-state index >= 15 is 0 Å². The van der Waals surface area contributed by atoms with E-state index in [-0.39, 0.29) is 24.6 Å². The third kappa shape index (κ3) is 5.42. The second-order valence-corrected chi connectivity index (χ2v) is 6.57. The van der Waals surface area contributed by atoms with Crippen LogP contribution in [0.25, 0.3) is 11.4 Å². The van der Waals surface area contributed by atoms with E-state index in [4.69, 9.17) is 10.3 Å². The molecule has 0 unspecified atom stereocenters. The largest absolute Gasteiger partial charge is 0.369 e. The molecule has 2 aromatic heterocycles. The van der Waals surface area contributed by atoms with Gasteiger partial charge in [-0.2, -0.15) is 4.98 Å². The fourth-order valence-corrected chi connectivity index (χ4v) is 3.01. The summed E-state index contributed by atoms with van der Waals surface area (Å²) >= 11 is 1.23. The van der Waals surface area contributed by atoms with Crippen molar-refractivity contribution in [3.63, 3.8) is 0 Å². The summed E-state index contributed by atoms with van der Waals surface area (Å²) in [4.78, 5) is 31.2. The van der Waals surface area contributed by atoms with Gasteiger partial charge >= 0.3 is 0 Å². The van der Waals surface area contributed by atoms with Crippen LogP contribution >= 0.6 is 11.3 Å². The molecule has 3 N–H and O–H groups in total. The number of aryl methyl sites for hydroxylation is 1. The number of amides is 2. The van der Waals surface area contributed by atoms with E-state index in [0.29, 0.717) is 40.9 Å². The molecule has 8 nitrogen and oxygen atoms in total. The van der Waals surface area contributed by atoms with Gasteiger partial charge in [0.1, 0.15) is 5.82 Å². The van der Waals surface area contributed by atoms with Crippen molar-refractivity contribution >= 4 is 28.3 Å². The molecule has 3 rings (SSSR count). The van der Waals surface area contributed by atoms with Crippen LogP contribution in [0.4, 0.5) is 9.52 Å². The Kier molecular flexibility index (Phi) is 5.87. The first-order valence-corrected chi connectivity index (χ1v) is 8.98. The summed E-state index contributed by atoms with van der Waals surface area (Å²) in [5.41, 5.74) is 6.29. The third-order valence-electron chi connectivity index (χ3n) is 3.52. The number of carbonyl (C=O) groups is 2. The highest BCUT2D eigenvalue weighted by Crippen LogP contribution is 2.18. The predicted octanol–water partition coefficient (Wildman–Crippen LogP) is 2.32. The molecule has 0 spiro atoms. The van der Waals surface area contributed by atoms with Crippen molar-refractivity contribution in [3.8, 4) is 11.4 Å². The van der Waals surface area contributed by atoms with E-state index in [9.17, 15) is 14.0 Å². The molecule has 3 aromatic rings. The molecule has 1 aromatic carbocycles. The van der Waals surface area contributed by atoms with Gasteiger partial charge in [0, 0.05) is 23.8 Å². The van der Waals surface area contributed by atoms with E-state index < -0.39 is 5.91 Å². The number of hydrogen-bond acceptors (Lipinski definition) is 7. The van der Waals surface area contributed by atoms with Crippen molar-refractivity contribution in [1.29, 1.82) is 0 Å². The molecule has 0 bridgehead atoms. The first-order valence-electron chi connectivity index (χ1n) is 8.10. The highest BCUT2D eigenvalue weighted by molar-refractivity contribution is 7.13. The summed E-state index contributed by atoms with van der Waals surface area (Å²) in [7, 11) is 0. The summed E-state index contributed by atoms with van der Waals surface area (Å²) in [6, 6.07) is 5.78. The Bertz CT molecular complexity index is 938. The standard InChI is InChI=1S/C17H16FN5O3S/c18-11-6-4-10(5-7-11)16-22-15(26-23-16)3-1-2-14(25)21-17-20-12(9-27-17)8-13(19)24/h4-7,9H,1-3,8H2,(H2,19,24)(H,20,21,25). The van der Waals surface area contributed by atoms with Gasteiger partial charge in [-0.25, -0.2) is 9.37 Å². The average Bonchev–Trinajstić information content (AvgIpc) is 3.25. The first-order chi connectivity index (χ1) is 13.0. The number of nitrogens with two attached hydrogens (primary N) is 1. The summed E-state index contributed by atoms with van der Waals surface area (Å²) in [5, 5.41) is 8.63. The number of hydrogen-bond donors (Lipinski definition) is 2. The van der Waals surface area contributed by atoms with Crippen molar-refractivity contribution in [3.05, 3.63) is 47.0 Å². The first kappa shape index (κ1) is 18.6. The van der Waals surface area contributed by atoms with Crippen LogP contribution in [0.15, 0.2) is 34.2 Å². The van der Waals surface area contributed by atoms with Gasteiger partial charge in [-0.1, -0.05) is 5.16 Å². The highest BCUT2D eigenvalue weighted by atomic mass is 32.1. The minimum atomic E-state index is -0.474. The maximum absolute atomic E-state index is 12.9. The minimum Gasteiger partial charge on any atom is -0.369 e. The summed E-state index contributed by atoms with van der Waals surface area (Å²) in [6.07, 6.45) is 1.24. The minimum absolute atomic E-state index is 0.0416. The van der Waals surface area contributed by atoms with Gasteiger partial charge in [-0.05, 0) is 30.7 Å². The van der Waals surface area contributed by atoms with Gasteiger partial charge < -0.3 is 15.6 Å². The van der Waals surface area contributed by atoms with Crippen LogP contribution in [0.1, 0.15) is 24.4 Å². The number of halogens is 1. The van der Waals surface area contributed by atoms with Crippen LogP contribution in [0.3, 0.4) is 0 Å². The van der Waals surface area contributed by atoms with Crippen molar-refractivity contribution in [1.82, 2.24) is 15.1 Å². The number of primary amides is 1. The second kappa shape index (κ2) is 8.49. The van der Waals surface area contributed by atoms with Gasteiger partial charge in [0.25, 0.3) is 0 Å². The van der Waals surface area contributed by atoms with Crippen LogP contribution in [0.2, 0.25) is 0 Å². The number of aromatic nitrogens is 3. The Labute approximate surface area is 157 Å². The number of nitrogens with one attached hydrogen (secondary N) is 1. The Morgan fingerprint density at radius 1 is 1.22 bits per heavy atom. The molecular formula is C17H16FN5O3S. The Morgan fingerprint density at radius 2 is 2.00 bits per heavy atom. The quantitative estimate of drug-likeness (QED) is 0.609. The number of benzene rings is 1. The lowest BCUT2D eigenvalue weighted by Crippen LogP contribution is -2.14. The maximum atomic E-state index is 12.9. The van der Waals surface area contributed by atoms with E-state index in [0.717, 1.165) is 0 Å². The van der Waals surface area contributed by atoms with Gasteiger partial charge in [-0.15, -0.1) is 11.3 Å². The number of thiazole rings is 1. The summed E-state index contributed by atoms with van der Waals surface area (Å²) in [6.45, 7) is 0. The lowest BCUT2D eigenvalue weighted by atomic mass is 10.2. The van der Waals surface area contributed by atoms with Crippen molar-refractivity contribution < 1.29 is 18.5 Å². The van der Waals surface area contributed by atoms with E-state index in [2.05, 4.69) is 20.4 Å². The zero-order chi connectivity index (χ0) is 19.2. The topological polar surface area (TPSA) is 124 Å². The fourth-order valence-electron chi connectivity index (χ4n) is 2.28. The molecule has 0 fully saturated rings. The van der Waals surface area contributed by atoms with Crippen LogP contribution in [0.5, 0.6) is 0 Å². The second-order valence-electron chi connectivity index (χ2n) is 5.71. The van der Waals surface area contributed by atoms with Gasteiger partial charge in [0.15, 0.2) is 5.13 Å². The normalized spacial score (nSPS) is 10.7. The summed E-state index contributed by atoms with van der Waals surface area (Å²) in [5.74, 6) is -0.235. The van der Waals surface area contributed by atoms with Gasteiger partial charge in [0.05, 0.1) is 12.1 Å². The molecule has 0 aliphatic rings. The third-order valence-corrected chi connectivity index (χ3v) is 4.32. The smallest absolute Gasteiger partial charge is 0.226 e. The molecule has 10 heteroatoms. The molecule has 140 valence electrons. The van der Waals surface area contributed by atoms with E-state index in [1.54, 1.807) is 17.5 Å². The zero-order valence-electron chi connectivity index (χ0n) is 14.1. The number of anilines is 1. The molecule has 0 aliphatic heterocycles. The molecule has 0 aliphatic carbocycles. The zero-order valence-corrected chi connectivity index (χ0v) is 15.0. The Morgan fingerprint density at radius 3 is 2.74 bits per heavy atom. The Balaban J connectivity index is 1.45. The maximum Gasteiger partial charge on any atom is 0.226 e. The average molecular weight is 389 g/mol. The van der Waals surface area contributed by atoms with Crippen molar-refractivity contribution in [2.45, 2.75) is 25.7 Å². The molecule has 0 atom stereocenters. The number of nitrogens with zero attached hydrogens (tertiary/aromatic N) is 3. The van der Waals surface area contributed by atoms with Crippen molar-refractivity contribution in [2.75, 3.05) is 5.32 Å². The molecular weight excluding hydrogens is 373 g/mol. The number of rotatable bonds is 8. The molecule has 0 radical (unpaired) electrons. The fraction of sp³-hybridized carbons (Fsp3) is 0.235. The predicted molar refractivity (Wildman–Crippen MR) is 96.3 cm³/mol. The van der Waals surface area contributed by atoms with Crippen molar-refractivity contribution in [2.24, 2.45) is 5.73 Å². The van der Waals surface area contributed by atoms with Gasteiger partial charge in [0.2, 0.25) is 23.5 Å². The van der Waals surface area contributed by atoms with Crippen LogP contribution in [0, 0.1) is 5.82 Å². The highest BCUT2D eigenvalue weighted by Gasteiger charge is 2.11. The monoisotopic (exact) mass is 389 g/mol. The van der Waals surface area contributed by atoms with Crippen LogP contribution in [-0.2, 0) is 22.4 Å².